The van der Waals surface area contributed by atoms with Crippen molar-refractivity contribution < 1.29 is 30.6 Å². The number of phenols is 6. The number of phenolic OH excluding ortho intramolecular Hbond substituents is 6. The molecular weight excluding hydrogens is 731 g/mol. The molecule has 0 fully saturated rings. The van der Waals surface area contributed by atoms with E-state index in [-0.39, 0.29) is 78.2 Å². The number of hydrazone groups is 2. The van der Waals surface area contributed by atoms with E-state index in [0.29, 0.717) is 44.7 Å². The van der Waals surface area contributed by atoms with Gasteiger partial charge in [-0.15, -0.1) is 0 Å². The molecule has 2 aromatic heterocycles. The van der Waals surface area contributed by atoms with E-state index in [1.54, 1.807) is 62.4 Å². The van der Waals surface area contributed by atoms with Crippen molar-refractivity contribution in [2.75, 3.05) is 10.9 Å². The molecule has 0 aliphatic carbocycles. The number of fused-ring (bicyclic) bond motifs is 2. The highest BCUT2D eigenvalue weighted by molar-refractivity contribution is 6.29. The van der Waals surface area contributed by atoms with Gasteiger partial charge in [-0.25, -0.2) is 9.97 Å². The Morgan fingerprint density at radius 3 is 1.28 bits per heavy atom. The summed E-state index contributed by atoms with van der Waals surface area (Å²) in [5, 5.41) is 80.0. The highest BCUT2D eigenvalue weighted by Crippen LogP contribution is 2.54. The first kappa shape index (κ1) is 37.8. The van der Waals surface area contributed by atoms with Crippen LogP contribution in [-0.2, 0) is 0 Å². The van der Waals surface area contributed by atoms with E-state index in [4.69, 9.17) is 23.2 Å². The Kier molecular flexibility index (Phi) is 10.4. The highest BCUT2D eigenvalue weighted by Gasteiger charge is 2.29. The largest absolute Gasteiger partial charge is 0.507 e. The lowest BCUT2D eigenvalue weighted by Gasteiger charge is -2.23. The number of aryl methyl sites for hydroxylation is 2. The number of aromatic hydroxyl groups is 6. The lowest BCUT2D eigenvalue weighted by Crippen LogP contribution is -2.02. The van der Waals surface area contributed by atoms with Crippen LogP contribution in [0.25, 0.3) is 32.7 Å². The van der Waals surface area contributed by atoms with Crippen LogP contribution in [0.15, 0.2) is 58.7 Å². The van der Waals surface area contributed by atoms with Crippen molar-refractivity contribution in [2.45, 2.75) is 53.4 Å². The predicted molar refractivity (Wildman–Crippen MR) is 215 cm³/mol. The molecule has 12 nitrogen and oxygen atoms in total. The minimum absolute atomic E-state index is 0.00343. The molecular formula is C40H38Cl2N6O6. The summed E-state index contributed by atoms with van der Waals surface area (Å²) in [4.78, 5) is 8.28. The van der Waals surface area contributed by atoms with Crippen LogP contribution in [-0.4, -0.2) is 53.0 Å². The number of nitrogens with zero attached hydrogens (tertiary/aromatic N) is 4. The van der Waals surface area contributed by atoms with Crippen molar-refractivity contribution in [3.63, 3.8) is 0 Å². The average Bonchev–Trinajstić information content (AvgIpc) is 3.09. The second-order valence-electron chi connectivity index (χ2n) is 13.5. The van der Waals surface area contributed by atoms with Crippen molar-refractivity contribution >= 4 is 68.8 Å². The molecule has 278 valence electrons. The van der Waals surface area contributed by atoms with Crippen molar-refractivity contribution in [2.24, 2.45) is 10.2 Å². The molecule has 54 heavy (non-hydrogen) atoms. The summed E-state index contributed by atoms with van der Waals surface area (Å²) in [6.07, 6.45) is 2.50. The third-order valence-electron chi connectivity index (χ3n) is 9.16. The van der Waals surface area contributed by atoms with Crippen molar-refractivity contribution in [3.05, 3.63) is 92.2 Å². The normalized spacial score (nSPS) is 12.0. The molecule has 6 aromatic rings. The quantitative estimate of drug-likeness (QED) is 0.0303. The van der Waals surface area contributed by atoms with E-state index in [0.717, 1.165) is 0 Å². The van der Waals surface area contributed by atoms with Crippen LogP contribution >= 0.6 is 23.2 Å². The van der Waals surface area contributed by atoms with Gasteiger partial charge < -0.3 is 30.6 Å². The molecule has 8 N–H and O–H groups in total. The van der Waals surface area contributed by atoms with Gasteiger partial charge in [0.2, 0.25) is 0 Å². The molecule has 0 saturated heterocycles. The molecule has 0 amide bonds. The van der Waals surface area contributed by atoms with Crippen LogP contribution in [0.2, 0.25) is 10.3 Å². The van der Waals surface area contributed by atoms with Crippen molar-refractivity contribution in [1.29, 1.82) is 0 Å². The number of nitrogens with one attached hydrogen (secondary N) is 2. The van der Waals surface area contributed by atoms with Gasteiger partial charge in [-0.1, -0.05) is 75.2 Å². The first-order chi connectivity index (χ1) is 25.6. The van der Waals surface area contributed by atoms with Gasteiger partial charge >= 0.3 is 0 Å². The maximum absolute atomic E-state index is 12.3. The fourth-order valence-electron chi connectivity index (χ4n) is 6.89. The Balaban J connectivity index is 1.64. The van der Waals surface area contributed by atoms with E-state index in [2.05, 4.69) is 31.0 Å². The summed E-state index contributed by atoms with van der Waals surface area (Å²) in [5.74, 6) is -2.28. The Morgan fingerprint density at radius 1 is 0.574 bits per heavy atom. The molecule has 6 rings (SSSR count). The van der Waals surface area contributed by atoms with E-state index < -0.39 is 11.5 Å². The van der Waals surface area contributed by atoms with Crippen molar-refractivity contribution in [3.8, 4) is 45.6 Å². The number of hydrogen-bond acceptors (Lipinski definition) is 12. The fourth-order valence-corrected chi connectivity index (χ4v) is 7.22. The van der Waals surface area contributed by atoms with Gasteiger partial charge in [0.1, 0.15) is 33.4 Å². The number of pyridine rings is 2. The molecule has 0 saturated carbocycles. The maximum atomic E-state index is 12.3. The molecule has 2 heterocycles. The van der Waals surface area contributed by atoms with E-state index in [9.17, 15) is 30.6 Å². The van der Waals surface area contributed by atoms with Crippen LogP contribution in [0.1, 0.15) is 72.9 Å². The second kappa shape index (κ2) is 14.8. The lowest BCUT2D eigenvalue weighted by molar-refractivity contribution is 0.398. The fraction of sp³-hybridized carbons (Fsp3) is 0.200. The molecule has 0 unspecified atom stereocenters. The van der Waals surface area contributed by atoms with E-state index >= 15 is 0 Å². The zero-order valence-corrected chi connectivity index (χ0v) is 31.7. The summed E-state index contributed by atoms with van der Waals surface area (Å²) in [6.45, 7) is 10.9. The van der Waals surface area contributed by atoms with Crippen LogP contribution < -0.4 is 10.9 Å². The van der Waals surface area contributed by atoms with Gasteiger partial charge in [-0.2, -0.15) is 10.2 Å². The Labute approximate surface area is 320 Å². The molecule has 0 radical (unpaired) electrons. The standard InChI is InChI=1S/C40H38Cl2N6O6/c1-17(2)29-21-13-19(5)31(37(51)33(21)23(35(49)39(29)53)15-43-47-27-11-7-9-25(41)45-27)32-20(6)14-22-30(18(3)4)40(54)36(50)24(34(22)38(32)52)16-44-48-28-12-8-10-26(42)46-28/h7-18,49-54H,1-6H3,(H,45,47)(H,46,48)/b43-15-,44-16-. The average molecular weight is 770 g/mol. The van der Waals surface area contributed by atoms with Crippen LogP contribution in [0, 0.1) is 13.8 Å². The molecule has 0 bridgehead atoms. The van der Waals surface area contributed by atoms with E-state index in [1.807, 2.05) is 27.7 Å². The first-order valence-corrected chi connectivity index (χ1v) is 17.7. The summed E-state index contributed by atoms with van der Waals surface area (Å²) in [7, 11) is 0. The molecule has 0 spiro atoms. The van der Waals surface area contributed by atoms with Gasteiger partial charge in [0.05, 0.1) is 23.6 Å². The zero-order chi connectivity index (χ0) is 39.2. The third-order valence-corrected chi connectivity index (χ3v) is 9.59. The van der Waals surface area contributed by atoms with Gasteiger partial charge in [0.15, 0.2) is 23.0 Å². The second-order valence-corrected chi connectivity index (χ2v) is 14.2. The number of halogens is 2. The number of anilines is 2. The van der Waals surface area contributed by atoms with E-state index in [1.165, 1.54) is 12.4 Å². The molecule has 4 aromatic carbocycles. The monoisotopic (exact) mass is 768 g/mol. The minimum Gasteiger partial charge on any atom is -0.507 e. The molecule has 0 atom stereocenters. The number of benzene rings is 4. The van der Waals surface area contributed by atoms with Crippen molar-refractivity contribution in [1.82, 2.24) is 9.97 Å². The predicted octanol–water partition coefficient (Wildman–Crippen LogP) is 9.75. The summed E-state index contributed by atoms with van der Waals surface area (Å²) < 4.78 is 0. The topological polar surface area (TPSA) is 196 Å². The number of rotatable bonds is 9. The maximum Gasteiger partial charge on any atom is 0.167 e. The molecule has 0 aliphatic heterocycles. The van der Waals surface area contributed by atoms with Gasteiger partial charge in [-0.3, -0.25) is 10.9 Å². The first-order valence-electron chi connectivity index (χ1n) is 16.9. The smallest absolute Gasteiger partial charge is 0.167 e. The lowest BCUT2D eigenvalue weighted by atomic mass is 9.83. The number of hydrogen-bond donors (Lipinski definition) is 8. The zero-order valence-electron chi connectivity index (χ0n) is 30.2. The third kappa shape index (κ3) is 6.70. The SMILES string of the molecule is Cc1cc2c(C(C)C)c(O)c(O)c(/C=N\Nc3cccc(Cl)n3)c2c(O)c1-c1c(C)cc2c(C(C)C)c(O)c(O)c(/C=N\Nc3cccc(Cl)n3)c2c1O. The summed E-state index contributed by atoms with van der Waals surface area (Å²) >= 11 is 12.0. The molecule has 0 aliphatic rings. The number of aromatic nitrogens is 2. The minimum atomic E-state index is -0.512. The van der Waals surface area contributed by atoms with Gasteiger partial charge in [-0.05, 0) is 71.8 Å². The van der Waals surface area contributed by atoms with Crippen LogP contribution in [0.4, 0.5) is 11.6 Å². The van der Waals surface area contributed by atoms with Crippen LogP contribution in [0.5, 0.6) is 34.5 Å². The summed E-state index contributed by atoms with van der Waals surface area (Å²) in [6, 6.07) is 13.4. The van der Waals surface area contributed by atoms with Gasteiger partial charge in [0.25, 0.3) is 0 Å². The Morgan fingerprint density at radius 2 is 0.944 bits per heavy atom. The Hall–Kier alpha value is -5.98. The Bertz CT molecular complexity index is 2360. The highest BCUT2D eigenvalue weighted by atomic mass is 35.5. The molecule has 14 heteroatoms. The van der Waals surface area contributed by atoms with Crippen LogP contribution in [0.3, 0.4) is 0 Å². The van der Waals surface area contributed by atoms with Gasteiger partial charge in [0, 0.05) is 33.0 Å². The summed E-state index contributed by atoms with van der Waals surface area (Å²) in [5.41, 5.74) is 7.79.